The summed E-state index contributed by atoms with van der Waals surface area (Å²) < 4.78 is 13.0. The molecule has 2 aliphatic heterocycles. The standard InChI is InChI=1S/C45H31N3O2/c1-4-12-28(13-5-1)33-18-10-20-37-41(33)35-24-22-31(26-39(35)49-37)44-46-43(30-16-8-3-9-17-30)47-45(48-44)32-23-25-36-40(27-32)50-38-21-11-19-34(42(36)38)29-14-6-2-7-15-29/h1-27,33,41,45H,(H,46,47,48). The van der Waals surface area contributed by atoms with E-state index < -0.39 is 6.17 Å². The van der Waals surface area contributed by atoms with Crippen LogP contribution in [0.1, 0.15) is 45.8 Å². The SMILES string of the molecule is C1=CC(c2ccccc2)C2C(=C1)Oc1cc(C3=NC(c4ccc5c(c4)oc4cccc(-c6ccccc6)c45)N=C(c4ccccc4)N3)ccc12. The van der Waals surface area contributed by atoms with Gasteiger partial charge in [0, 0.05) is 38.9 Å². The molecule has 3 heterocycles. The highest BCUT2D eigenvalue weighted by molar-refractivity contribution is 6.16. The van der Waals surface area contributed by atoms with Crippen LogP contribution in [0, 0.1) is 0 Å². The van der Waals surface area contributed by atoms with Crippen LogP contribution in [0.15, 0.2) is 184 Å². The van der Waals surface area contributed by atoms with Gasteiger partial charge in [-0.1, -0.05) is 140 Å². The zero-order valence-electron chi connectivity index (χ0n) is 27.0. The Labute approximate surface area is 289 Å². The van der Waals surface area contributed by atoms with Gasteiger partial charge in [0.15, 0.2) is 6.17 Å². The molecule has 10 rings (SSSR count). The second-order valence-corrected chi connectivity index (χ2v) is 12.9. The van der Waals surface area contributed by atoms with E-state index in [1.807, 2.05) is 30.3 Å². The molecule has 3 atom stereocenters. The lowest BCUT2D eigenvalue weighted by molar-refractivity contribution is 0.416. The Morgan fingerprint density at radius 3 is 2.12 bits per heavy atom. The Hall–Kier alpha value is -6.46. The van der Waals surface area contributed by atoms with Gasteiger partial charge < -0.3 is 14.5 Å². The first-order valence-electron chi connectivity index (χ1n) is 17.0. The van der Waals surface area contributed by atoms with Crippen LogP contribution in [-0.4, -0.2) is 11.7 Å². The minimum Gasteiger partial charge on any atom is -0.461 e. The molecule has 0 saturated heterocycles. The van der Waals surface area contributed by atoms with Crippen molar-refractivity contribution in [3.8, 4) is 16.9 Å². The average Bonchev–Trinajstić information content (AvgIpc) is 3.76. The molecule has 5 nitrogen and oxygen atoms in total. The lowest BCUT2D eigenvalue weighted by Gasteiger charge is -2.24. The van der Waals surface area contributed by atoms with Crippen molar-refractivity contribution >= 4 is 33.6 Å². The fourth-order valence-electron chi connectivity index (χ4n) is 7.59. The molecule has 0 fully saturated rings. The molecular weight excluding hydrogens is 615 g/mol. The second-order valence-electron chi connectivity index (χ2n) is 12.9. The van der Waals surface area contributed by atoms with E-state index in [0.29, 0.717) is 0 Å². The van der Waals surface area contributed by atoms with Crippen molar-refractivity contribution in [1.29, 1.82) is 0 Å². The summed E-state index contributed by atoms with van der Waals surface area (Å²) in [4.78, 5) is 10.3. The number of ether oxygens (including phenoxy) is 1. The highest BCUT2D eigenvalue weighted by Gasteiger charge is 2.37. The van der Waals surface area contributed by atoms with Crippen LogP contribution in [0.4, 0.5) is 0 Å². The van der Waals surface area contributed by atoms with E-state index in [-0.39, 0.29) is 11.8 Å². The van der Waals surface area contributed by atoms with Gasteiger partial charge in [0.25, 0.3) is 0 Å². The van der Waals surface area contributed by atoms with Crippen molar-refractivity contribution < 1.29 is 9.15 Å². The van der Waals surface area contributed by atoms with E-state index in [1.54, 1.807) is 0 Å². The van der Waals surface area contributed by atoms with Crippen molar-refractivity contribution in [3.63, 3.8) is 0 Å². The molecule has 7 aromatic rings. The van der Waals surface area contributed by atoms with Crippen LogP contribution in [0.25, 0.3) is 33.1 Å². The molecule has 0 radical (unpaired) electrons. The molecule has 1 aliphatic carbocycles. The molecule has 1 N–H and O–H groups in total. The van der Waals surface area contributed by atoms with Gasteiger partial charge in [-0.2, -0.15) is 0 Å². The largest absolute Gasteiger partial charge is 0.461 e. The van der Waals surface area contributed by atoms with Crippen LogP contribution in [0.5, 0.6) is 5.75 Å². The summed E-state index contributed by atoms with van der Waals surface area (Å²) >= 11 is 0. The zero-order chi connectivity index (χ0) is 33.0. The maximum absolute atomic E-state index is 6.52. The van der Waals surface area contributed by atoms with Crippen molar-refractivity contribution in [2.75, 3.05) is 0 Å². The van der Waals surface area contributed by atoms with Crippen molar-refractivity contribution in [3.05, 3.63) is 197 Å². The lowest BCUT2D eigenvalue weighted by atomic mass is 9.78. The minimum atomic E-state index is -0.473. The monoisotopic (exact) mass is 645 g/mol. The third-order valence-corrected chi connectivity index (χ3v) is 9.97. The molecular formula is C45H31N3O2. The van der Waals surface area contributed by atoms with Crippen LogP contribution < -0.4 is 10.1 Å². The Bertz CT molecular complexity index is 2550. The number of nitrogens with zero attached hydrogens (tertiary/aromatic N) is 2. The topological polar surface area (TPSA) is 59.1 Å². The molecule has 1 aromatic heterocycles. The number of hydrogen-bond acceptors (Lipinski definition) is 5. The fraction of sp³-hybridized carbons (Fsp3) is 0.0667. The third kappa shape index (κ3) is 4.78. The Balaban J connectivity index is 1.05. The van der Waals surface area contributed by atoms with E-state index in [2.05, 4.69) is 139 Å². The van der Waals surface area contributed by atoms with Gasteiger partial charge in [-0.05, 0) is 41.0 Å². The number of benzene rings is 6. The fourth-order valence-corrected chi connectivity index (χ4v) is 7.59. The molecule has 238 valence electrons. The molecule has 0 saturated carbocycles. The van der Waals surface area contributed by atoms with Crippen molar-refractivity contribution in [1.82, 2.24) is 5.32 Å². The van der Waals surface area contributed by atoms with Crippen molar-refractivity contribution in [2.45, 2.75) is 18.0 Å². The number of furan rings is 1. The van der Waals surface area contributed by atoms with Gasteiger partial charge in [-0.25, -0.2) is 9.98 Å². The predicted molar refractivity (Wildman–Crippen MR) is 201 cm³/mol. The number of rotatable bonds is 5. The van der Waals surface area contributed by atoms with E-state index in [1.165, 1.54) is 11.1 Å². The first-order valence-corrected chi connectivity index (χ1v) is 17.0. The highest BCUT2D eigenvalue weighted by atomic mass is 16.5. The minimum absolute atomic E-state index is 0.139. The molecule has 3 unspecified atom stereocenters. The molecule has 0 spiro atoms. The normalized spacial score (nSPS) is 19.2. The van der Waals surface area contributed by atoms with Crippen LogP contribution in [-0.2, 0) is 0 Å². The van der Waals surface area contributed by atoms with E-state index in [4.69, 9.17) is 19.1 Å². The van der Waals surface area contributed by atoms with Gasteiger partial charge >= 0.3 is 0 Å². The van der Waals surface area contributed by atoms with Crippen LogP contribution in [0.2, 0.25) is 0 Å². The summed E-state index contributed by atoms with van der Waals surface area (Å²) in [5, 5.41) is 5.74. The Morgan fingerprint density at radius 1 is 0.580 bits per heavy atom. The van der Waals surface area contributed by atoms with Gasteiger partial charge in [-0.15, -0.1) is 0 Å². The van der Waals surface area contributed by atoms with Gasteiger partial charge in [-0.3, -0.25) is 0 Å². The number of aliphatic imine (C=N–C) groups is 2. The smallest absolute Gasteiger partial charge is 0.169 e. The summed E-state index contributed by atoms with van der Waals surface area (Å²) in [5.74, 6) is 3.71. The molecule has 0 bridgehead atoms. The molecule has 50 heavy (non-hydrogen) atoms. The van der Waals surface area contributed by atoms with E-state index >= 15 is 0 Å². The van der Waals surface area contributed by atoms with Crippen LogP contribution >= 0.6 is 0 Å². The average molecular weight is 646 g/mol. The first-order chi connectivity index (χ1) is 24.8. The summed E-state index contributed by atoms with van der Waals surface area (Å²) in [6.07, 6.45) is 6.00. The zero-order valence-corrected chi connectivity index (χ0v) is 27.0. The van der Waals surface area contributed by atoms with E-state index in [0.717, 1.165) is 72.9 Å². The number of allylic oxidation sites excluding steroid dienone is 4. The Kier molecular flexibility index (Phi) is 6.62. The Morgan fingerprint density at radius 2 is 1.32 bits per heavy atom. The highest BCUT2D eigenvalue weighted by Crippen LogP contribution is 2.50. The lowest BCUT2D eigenvalue weighted by Crippen LogP contribution is -2.36. The third-order valence-electron chi connectivity index (χ3n) is 9.97. The summed E-state index contributed by atoms with van der Waals surface area (Å²) in [6.45, 7) is 0. The number of hydrogen-bond donors (Lipinski definition) is 1. The maximum atomic E-state index is 6.52. The predicted octanol–water partition coefficient (Wildman–Crippen LogP) is 10.5. The summed E-state index contributed by atoms with van der Waals surface area (Å²) in [7, 11) is 0. The quantitative estimate of drug-likeness (QED) is 0.203. The molecule has 3 aliphatic rings. The summed E-state index contributed by atoms with van der Waals surface area (Å²) in [6, 6.07) is 50.4. The van der Waals surface area contributed by atoms with Crippen LogP contribution in [0.3, 0.4) is 0 Å². The summed E-state index contributed by atoms with van der Waals surface area (Å²) in [5.41, 5.74) is 9.35. The second kappa shape index (κ2) is 11.6. The molecule has 0 amide bonds. The van der Waals surface area contributed by atoms with Gasteiger partial charge in [0.1, 0.15) is 34.3 Å². The molecule has 6 aromatic carbocycles. The number of nitrogens with one attached hydrogen (secondary N) is 1. The van der Waals surface area contributed by atoms with E-state index in [9.17, 15) is 0 Å². The maximum Gasteiger partial charge on any atom is 0.169 e. The first kappa shape index (κ1) is 28.5. The number of amidine groups is 2. The van der Waals surface area contributed by atoms with Gasteiger partial charge in [0.05, 0.1) is 5.92 Å². The van der Waals surface area contributed by atoms with Gasteiger partial charge in [0.2, 0.25) is 0 Å². The van der Waals surface area contributed by atoms with Crippen molar-refractivity contribution in [2.24, 2.45) is 9.98 Å². The number of fused-ring (bicyclic) bond motifs is 6. The molecule has 5 heteroatoms.